The Morgan fingerprint density at radius 2 is 1.90 bits per heavy atom. The zero-order valence-corrected chi connectivity index (χ0v) is 12.3. The number of hydrogen-bond donors (Lipinski definition) is 1. The van der Waals surface area contributed by atoms with Crippen molar-refractivity contribution in [3.8, 4) is 11.8 Å². The molecule has 1 aromatic carbocycles. The summed E-state index contributed by atoms with van der Waals surface area (Å²) in [6.45, 7) is 0.854. The van der Waals surface area contributed by atoms with Crippen molar-refractivity contribution in [2.45, 2.75) is 57.5 Å². The molecule has 108 valence electrons. The molecular weight excluding hydrogens is 248 g/mol. The Hall–Kier alpha value is -1.53. The van der Waals surface area contributed by atoms with E-state index >= 15 is 0 Å². The Morgan fingerprint density at radius 3 is 2.55 bits per heavy atom. The van der Waals surface area contributed by atoms with Crippen molar-refractivity contribution in [3.63, 3.8) is 0 Å². The summed E-state index contributed by atoms with van der Waals surface area (Å²) in [5.41, 5.74) is 1.78. The second-order valence-electron chi connectivity index (χ2n) is 5.57. The largest absolute Gasteiger partial charge is 0.495 e. The lowest BCUT2D eigenvalue weighted by Gasteiger charge is -2.21. The molecule has 0 saturated heterocycles. The first-order chi connectivity index (χ1) is 9.83. The average molecular weight is 272 g/mol. The van der Waals surface area contributed by atoms with Crippen LogP contribution in [0.2, 0.25) is 0 Å². The van der Waals surface area contributed by atoms with Gasteiger partial charge in [0.25, 0.3) is 0 Å². The predicted octanol–water partition coefficient (Wildman–Crippen LogP) is 3.77. The molecule has 0 aliphatic heterocycles. The molecule has 1 aromatic rings. The van der Waals surface area contributed by atoms with Crippen LogP contribution in [0.1, 0.15) is 56.1 Å². The number of nitriles is 1. The summed E-state index contributed by atoms with van der Waals surface area (Å²) >= 11 is 0. The van der Waals surface area contributed by atoms with Crippen LogP contribution >= 0.6 is 0 Å². The van der Waals surface area contributed by atoms with Crippen LogP contribution in [0.25, 0.3) is 0 Å². The van der Waals surface area contributed by atoms with E-state index in [1.807, 2.05) is 18.2 Å². The van der Waals surface area contributed by atoms with Crippen LogP contribution in [-0.4, -0.2) is 13.2 Å². The number of benzene rings is 1. The van der Waals surface area contributed by atoms with Gasteiger partial charge in [-0.05, 0) is 30.5 Å². The molecule has 0 amide bonds. The number of rotatable bonds is 4. The zero-order valence-electron chi connectivity index (χ0n) is 12.3. The van der Waals surface area contributed by atoms with Gasteiger partial charge >= 0.3 is 0 Å². The van der Waals surface area contributed by atoms with Gasteiger partial charge in [-0.25, -0.2) is 0 Å². The van der Waals surface area contributed by atoms with Gasteiger partial charge in [-0.2, -0.15) is 5.26 Å². The van der Waals surface area contributed by atoms with Crippen LogP contribution in [0.5, 0.6) is 5.75 Å². The molecule has 0 atom stereocenters. The van der Waals surface area contributed by atoms with Gasteiger partial charge in [-0.15, -0.1) is 0 Å². The maximum absolute atomic E-state index is 8.99. The Kier molecular flexibility index (Phi) is 5.88. The zero-order chi connectivity index (χ0) is 14.2. The molecule has 1 aliphatic rings. The highest BCUT2D eigenvalue weighted by molar-refractivity contribution is 5.45. The molecule has 3 heteroatoms. The first-order valence-corrected chi connectivity index (χ1v) is 7.64. The van der Waals surface area contributed by atoms with Crippen LogP contribution in [0.3, 0.4) is 0 Å². The second-order valence-corrected chi connectivity index (χ2v) is 5.57. The van der Waals surface area contributed by atoms with E-state index < -0.39 is 0 Å². The summed E-state index contributed by atoms with van der Waals surface area (Å²) in [6, 6.07) is 8.60. The molecule has 20 heavy (non-hydrogen) atoms. The van der Waals surface area contributed by atoms with Crippen molar-refractivity contribution in [1.82, 2.24) is 5.32 Å². The molecule has 0 heterocycles. The number of ether oxygens (including phenoxy) is 1. The minimum atomic E-state index is 0.599. The summed E-state index contributed by atoms with van der Waals surface area (Å²) in [7, 11) is 1.61. The normalized spacial score (nSPS) is 17.0. The van der Waals surface area contributed by atoms with E-state index in [2.05, 4.69) is 11.4 Å². The van der Waals surface area contributed by atoms with E-state index in [-0.39, 0.29) is 0 Å². The van der Waals surface area contributed by atoms with E-state index in [1.165, 1.54) is 50.5 Å². The molecule has 1 saturated carbocycles. The monoisotopic (exact) mass is 272 g/mol. The maximum Gasteiger partial charge on any atom is 0.136 e. The summed E-state index contributed by atoms with van der Waals surface area (Å²) in [4.78, 5) is 0. The lowest BCUT2D eigenvalue weighted by atomic mass is 9.96. The first kappa shape index (κ1) is 14.9. The Balaban J connectivity index is 1.91. The van der Waals surface area contributed by atoms with E-state index in [4.69, 9.17) is 10.00 Å². The third-order valence-corrected chi connectivity index (χ3v) is 4.09. The van der Waals surface area contributed by atoms with Crippen LogP contribution in [0.4, 0.5) is 0 Å². The van der Waals surface area contributed by atoms with E-state index in [1.54, 1.807) is 7.11 Å². The fourth-order valence-corrected chi connectivity index (χ4v) is 2.86. The Labute approximate surface area is 121 Å². The topological polar surface area (TPSA) is 45.0 Å². The quantitative estimate of drug-likeness (QED) is 0.907. The van der Waals surface area contributed by atoms with Crippen LogP contribution < -0.4 is 10.1 Å². The van der Waals surface area contributed by atoms with Crippen molar-refractivity contribution in [2.75, 3.05) is 7.11 Å². The standard InChI is InChI=1S/C17H24N2O/c1-20-17-11-14(9-10-15(17)12-18)13-19-16-7-5-3-2-4-6-8-16/h9-11,16,19H,2-8,13H2,1H3. The molecule has 1 fully saturated rings. The van der Waals surface area contributed by atoms with Gasteiger partial charge in [0.05, 0.1) is 12.7 Å². The molecule has 2 rings (SSSR count). The molecule has 0 radical (unpaired) electrons. The third-order valence-electron chi connectivity index (χ3n) is 4.09. The average Bonchev–Trinajstić information content (AvgIpc) is 2.45. The van der Waals surface area contributed by atoms with Gasteiger partial charge in [0.1, 0.15) is 11.8 Å². The molecular formula is C17H24N2O. The third kappa shape index (κ3) is 4.25. The highest BCUT2D eigenvalue weighted by Gasteiger charge is 2.11. The minimum Gasteiger partial charge on any atom is -0.495 e. The van der Waals surface area contributed by atoms with Crippen LogP contribution in [-0.2, 0) is 6.54 Å². The van der Waals surface area contributed by atoms with Crippen molar-refractivity contribution >= 4 is 0 Å². The van der Waals surface area contributed by atoms with Crippen molar-refractivity contribution in [1.29, 1.82) is 5.26 Å². The van der Waals surface area contributed by atoms with E-state index in [0.717, 1.165) is 6.54 Å². The van der Waals surface area contributed by atoms with Gasteiger partial charge in [0.2, 0.25) is 0 Å². The summed E-state index contributed by atoms with van der Waals surface area (Å²) in [6.07, 6.45) is 9.41. The summed E-state index contributed by atoms with van der Waals surface area (Å²) in [5, 5.41) is 12.6. The molecule has 1 aliphatic carbocycles. The van der Waals surface area contributed by atoms with Gasteiger partial charge in [0.15, 0.2) is 0 Å². The highest BCUT2D eigenvalue weighted by Crippen LogP contribution is 2.20. The van der Waals surface area contributed by atoms with Crippen LogP contribution in [0.15, 0.2) is 18.2 Å². The SMILES string of the molecule is COc1cc(CNC2CCCCCCC2)ccc1C#N. The Bertz CT molecular complexity index is 457. The van der Waals surface area contributed by atoms with Crippen molar-refractivity contribution in [2.24, 2.45) is 0 Å². The van der Waals surface area contributed by atoms with Crippen molar-refractivity contribution in [3.05, 3.63) is 29.3 Å². The number of nitrogens with zero attached hydrogens (tertiary/aromatic N) is 1. The molecule has 1 N–H and O–H groups in total. The lowest BCUT2D eigenvalue weighted by Crippen LogP contribution is -2.29. The Morgan fingerprint density at radius 1 is 1.20 bits per heavy atom. The van der Waals surface area contributed by atoms with Gasteiger partial charge in [-0.3, -0.25) is 0 Å². The molecule has 3 nitrogen and oxygen atoms in total. The fraction of sp³-hybridized carbons (Fsp3) is 0.588. The van der Waals surface area contributed by atoms with Crippen LogP contribution in [0, 0.1) is 11.3 Å². The molecule has 0 unspecified atom stereocenters. The number of nitrogens with one attached hydrogen (secondary N) is 1. The maximum atomic E-state index is 8.99. The summed E-state index contributed by atoms with van der Waals surface area (Å²) in [5.74, 6) is 0.671. The van der Waals surface area contributed by atoms with E-state index in [0.29, 0.717) is 17.4 Å². The first-order valence-electron chi connectivity index (χ1n) is 7.64. The van der Waals surface area contributed by atoms with Gasteiger partial charge in [-0.1, -0.05) is 38.2 Å². The second kappa shape index (κ2) is 7.91. The summed E-state index contributed by atoms with van der Waals surface area (Å²) < 4.78 is 5.25. The van der Waals surface area contributed by atoms with Gasteiger partial charge in [0, 0.05) is 12.6 Å². The van der Waals surface area contributed by atoms with Crippen molar-refractivity contribution < 1.29 is 4.74 Å². The highest BCUT2D eigenvalue weighted by atomic mass is 16.5. The molecule has 0 bridgehead atoms. The minimum absolute atomic E-state index is 0.599. The fourth-order valence-electron chi connectivity index (χ4n) is 2.86. The lowest BCUT2D eigenvalue weighted by molar-refractivity contribution is 0.387. The molecule has 0 aromatic heterocycles. The predicted molar refractivity (Wildman–Crippen MR) is 80.7 cm³/mol. The van der Waals surface area contributed by atoms with Gasteiger partial charge < -0.3 is 10.1 Å². The molecule has 0 spiro atoms. The van der Waals surface area contributed by atoms with E-state index in [9.17, 15) is 0 Å². The number of hydrogen-bond acceptors (Lipinski definition) is 3. The smallest absolute Gasteiger partial charge is 0.136 e. The number of methoxy groups -OCH3 is 1.